The Morgan fingerprint density at radius 3 is 2.43 bits per heavy atom. The number of halogens is 4. The highest BCUT2D eigenvalue weighted by molar-refractivity contribution is 9.10. The first-order chi connectivity index (χ1) is 17.6. The molecule has 0 spiro atoms. The minimum absolute atomic E-state index is 0.0990. The number of hydrogen-bond acceptors (Lipinski definition) is 6. The van der Waals surface area contributed by atoms with E-state index in [0.29, 0.717) is 46.6 Å². The first-order valence-corrected chi connectivity index (χ1v) is 12.3. The molecule has 8 nitrogen and oxygen atoms in total. The van der Waals surface area contributed by atoms with Crippen molar-refractivity contribution in [1.82, 2.24) is 20.6 Å². The summed E-state index contributed by atoms with van der Waals surface area (Å²) in [7, 11) is 0. The Balaban J connectivity index is 1.33. The number of carbonyl (C=O) groups is 2. The molecule has 1 aliphatic carbocycles. The average Bonchev–Trinajstić information content (AvgIpc) is 3.65. The monoisotopic (exact) mass is 576 g/mol. The molecule has 1 aromatic carbocycles. The van der Waals surface area contributed by atoms with Crippen molar-refractivity contribution >= 4 is 44.9 Å². The van der Waals surface area contributed by atoms with Gasteiger partial charge in [-0.1, -0.05) is 15.9 Å². The van der Waals surface area contributed by atoms with Gasteiger partial charge in [0.2, 0.25) is 5.91 Å². The average molecular weight is 577 g/mol. The molecule has 2 amide bonds. The molecule has 0 saturated heterocycles. The van der Waals surface area contributed by atoms with Gasteiger partial charge in [0.15, 0.2) is 0 Å². The summed E-state index contributed by atoms with van der Waals surface area (Å²) in [5, 5.41) is 11.3. The second kappa shape index (κ2) is 10.8. The lowest BCUT2D eigenvalue weighted by molar-refractivity contribution is -0.137. The molecule has 2 heterocycles. The Bertz CT molecular complexity index is 1280. The number of rotatable bonds is 9. The van der Waals surface area contributed by atoms with Crippen LogP contribution in [0.2, 0.25) is 0 Å². The van der Waals surface area contributed by atoms with Crippen molar-refractivity contribution in [2.45, 2.75) is 38.0 Å². The molecular formula is C25H24BrF3N6O2. The second-order valence-electron chi connectivity index (χ2n) is 8.53. The number of aromatic nitrogens is 2. The van der Waals surface area contributed by atoms with E-state index in [4.69, 9.17) is 0 Å². The van der Waals surface area contributed by atoms with Crippen LogP contribution in [0.1, 0.15) is 41.4 Å². The molecule has 0 radical (unpaired) electrons. The number of alkyl halides is 3. The highest BCUT2D eigenvalue weighted by Crippen LogP contribution is 2.38. The van der Waals surface area contributed by atoms with Gasteiger partial charge in [-0.2, -0.15) is 13.2 Å². The van der Waals surface area contributed by atoms with Crippen molar-refractivity contribution in [3.63, 3.8) is 0 Å². The van der Waals surface area contributed by atoms with E-state index in [1.807, 2.05) is 6.92 Å². The quantitative estimate of drug-likeness (QED) is 0.285. The smallest absolute Gasteiger partial charge is 0.370 e. The van der Waals surface area contributed by atoms with Gasteiger partial charge in [-0.15, -0.1) is 0 Å². The van der Waals surface area contributed by atoms with Gasteiger partial charge in [0.1, 0.15) is 11.4 Å². The van der Waals surface area contributed by atoms with Crippen LogP contribution in [-0.4, -0.2) is 33.9 Å². The summed E-state index contributed by atoms with van der Waals surface area (Å²) in [5.41, 5.74) is -0.659. The minimum Gasteiger partial charge on any atom is -0.370 e. The molecule has 0 aliphatic heterocycles. The molecule has 2 aromatic heterocycles. The summed E-state index contributed by atoms with van der Waals surface area (Å²) in [5.74, 6) is -0.0565. The maximum absolute atomic E-state index is 13.3. The number of benzene rings is 1. The van der Waals surface area contributed by atoms with Crippen molar-refractivity contribution in [2.75, 3.05) is 17.2 Å². The van der Waals surface area contributed by atoms with Crippen molar-refractivity contribution in [3.05, 3.63) is 76.2 Å². The van der Waals surface area contributed by atoms with E-state index in [1.165, 1.54) is 24.5 Å². The van der Waals surface area contributed by atoms with Crippen LogP contribution in [-0.2, 0) is 17.5 Å². The number of pyridine rings is 2. The van der Waals surface area contributed by atoms with E-state index in [1.54, 1.807) is 24.3 Å². The predicted octanol–water partition coefficient (Wildman–Crippen LogP) is 5.01. The minimum atomic E-state index is -4.52. The SMILES string of the molecule is CCNc1ccc(C(=O)NC2(C(=O)NCc3ccc(Nc4ccc(Br)cc4C(F)(F)F)cn3)CC2)cn1. The van der Waals surface area contributed by atoms with Gasteiger partial charge in [-0.3, -0.25) is 14.6 Å². The third kappa shape index (κ3) is 6.56. The largest absolute Gasteiger partial charge is 0.418 e. The number of amides is 2. The summed E-state index contributed by atoms with van der Waals surface area (Å²) in [6.45, 7) is 2.75. The number of hydrogen-bond donors (Lipinski definition) is 4. The summed E-state index contributed by atoms with van der Waals surface area (Å²) in [6.07, 6.45) is -0.656. The summed E-state index contributed by atoms with van der Waals surface area (Å²) >= 11 is 3.06. The van der Waals surface area contributed by atoms with Gasteiger partial charge in [0, 0.05) is 17.2 Å². The standard InChI is InChI=1S/C25H24BrF3N6O2/c1-2-30-21-8-3-15(12-32-21)22(36)35-24(9-10-24)23(37)33-13-17-5-6-18(14-31-17)34-20-7-4-16(26)11-19(20)25(27,28)29/h3-8,11-12,14,34H,2,9-10,13H2,1H3,(H,30,32)(H,33,37)(H,35,36). The van der Waals surface area contributed by atoms with Crippen molar-refractivity contribution in [1.29, 1.82) is 0 Å². The first kappa shape index (κ1) is 26.4. The summed E-state index contributed by atoms with van der Waals surface area (Å²) in [4.78, 5) is 33.8. The lowest BCUT2D eigenvalue weighted by atomic mass is 10.1. The van der Waals surface area contributed by atoms with Crippen LogP contribution >= 0.6 is 15.9 Å². The number of anilines is 3. The van der Waals surface area contributed by atoms with Gasteiger partial charge in [-0.25, -0.2) is 4.98 Å². The molecule has 0 atom stereocenters. The zero-order valence-corrected chi connectivity index (χ0v) is 21.3. The van der Waals surface area contributed by atoms with Crippen LogP contribution in [0, 0.1) is 0 Å². The Morgan fingerprint density at radius 2 is 1.84 bits per heavy atom. The van der Waals surface area contributed by atoms with Crippen LogP contribution in [0.25, 0.3) is 0 Å². The molecule has 4 rings (SSSR count). The molecule has 4 N–H and O–H groups in total. The van der Waals surface area contributed by atoms with Crippen LogP contribution in [0.15, 0.2) is 59.3 Å². The lowest BCUT2D eigenvalue weighted by Crippen LogP contribution is -2.48. The summed E-state index contributed by atoms with van der Waals surface area (Å²) < 4.78 is 40.4. The van der Waals surface area contributed by atoms with Gasteiger partial charge >= 0.3 is 6.18 Å². The van der Waals surface area contributed by atoms with Gasteiger partial charge in [0.05, 0.1) is 40.9 Å². The van der Waals surface area contributed by atoms with Crippen LogP contribution in [0.4, 0.5) is 30.4 Å². The molecule has 37 heavy (non-hydrogen) atoms. The highest BCUT2D eigenvalue weighted by atomic mass is 79.9. The zero-order valence-electron chi connectivity index (χ0n) is 19.7. The van der Waals surface area contributed by atoms with Crippen molar-refractivity contribution < 1.29 is 22.8 Å². The van der Waals surface area contributed by atoms with E-state index in [9.17, 15) is 22.8 Å². The Morgan fingerprint density at radius 1 is 1.05 bits per heavy atom. The van der Waals surface area contributed by atoms with E-state index in [2.05, 4.69) is 47.2 Å². The fourth-order valence-electron chi connectivity index (χ4n) is 3.60. The molecule has 12 heteroatoms. The predicted molar refractivity (Wildman–Crippen MR) is 136 cm³/mol. The van der Waals surface area contributed by atoms with E-state index < -0.39 is 17.3 Å². The molecule has 1 fully saturated rings. The number of nitrogens with one attached hydrogen (secondary N) is 4. The third-order valence-electron chi connectivity index (χ3n) is 5.74. The normalized spacial score (nSPS) is 14.0. The number of nitrogens with zero attached hydrogens (tertiary/aromatic N) is 2. The van der Waals surface area contributed by atoms with Crippen molar-refractivity contribution in [2.24, 2.45) is 0 Å². The lowest BCUT2D eigenvalue weighted by Gasteiger charge is -2.17. The molecule has 0 unspecified atom stereocenters. The van der Waals surface area contributed by atoms with E-state index >= 15 is 0 Å². The fraction of sp³-hybridized carbons (Fsp3) is 0.280. The first-order valence-electron chi connectivity index (χ1n) is 11.5. The fourth-order valence-corrected chi connectivity index (χ4v) is 3.96. The van der Waals surface area contributed by atoms with E-state index in [0.717, 1.165) is 6.07 Å². The molecule has 3 aromatic rings. The van der Waals surface area contributed by atoms with Crippen LogP contribution in [0.3, 0.4) is 0 Å². The van der Waals surface area contributed by atoms with Gasteiger partial charge in [0.25, 0.3) is 5.91 Å². The zero-order chi connectivity index (χ0) is 26.6. The van der Waals surface area contributed by atoms with Crippen LogP contribution in [0.5, 0.6) is 0 Å². The molecule has 1 aliphatic rings. The Hall–Kier alpha value is -3.67. The number of carbonyl (C=O) groups excluding carboxylic acids is 2. The van der Waals surface area contributed by atoms with Gasteiger partial charge in [-0.05, 0) is 62.2 Å². The molecular weight excluding hydrogens is 553 g/mol. The van der Waals surface area contributed by atoms with Crippen molar-refractivity contribution in [3.8, 4) is 0 Å². The Labute approximate surface area is 219 Å². The van der Waals surface area contributed by atoms with Gasteiger partial charge < -0.3 is 21.3 Å². The Kier molecular flexibility index (Phi) is 7.67. The topological polar surface area (TPSA) is 108 Å². The van der Waals surface area contributed by atoms with Crippen LogP contribution < -0.4 is 21.3 Å². The van der Waals surface area contributed by atoms with E-state index in [-0.39, 0.29) is 24.0 Å². The third-order valence-corrected chi connectivity index (χ3v) is 6.24. The maximum Gasteiger partial charge on any atom is 0.418 e. The maximum atomic E-state index is 13.3. The molecule has 1 saturated carbocycles. The molecule has 194 valence electrons. The second-order valence-corrected chi connectivity index (χ2v) is 9.45. The summed E-state index contributed by atoms with van der Waals surface area (Å²) in [6, 6.07) is 10.4. The highest BCUT2D eigenvalue weighted by Gasteiger charge is 2.51. The molecule has 0 bridgehead atoms.